The molecule has 1 aliphatic rings. The Labute approximate surface area is 169 Å². The Balaban J connectivity index is 2.07. The van der Waals surface area contributed by atoms with Gasteiger partial charge in [0.1, 0.15) is 0 Å². The van der Waals surface area contributed by atoms with E-state index in [1.54, 1.807) is 43.4 Å². The molecule has 2 aromatic heterocycles. The summed E-state index contributed by atoms with van der Waals surface area (Å²) in [5, 5.41) is 0.774. The molecule has 0 unspecified atom stereocenters. The molecule has 0 atom stereocenters. The standard InChI is InChI=1S/C22H14ClN3O3/c1-25-20-17(21(28)26(2)22(25)29)15(11-7-9-12(23)10-8-11)16-18(24-20)13-5-3-4-6-14(13)19(16)27/h3-10H,1-2H3. The predicted octanol–water partition coefficient (Wildman–Crippen LogP) is 3.16. The molecule has 0 amide bonds. The average molecular weight is 404 g/mol. The summed E-state index contributed by atoms with van der Waals surface area (Å²) in [4.78, 5) is 43.5. The fourth-order valence-corrected chi connectivity index (χ4v) is 4.06. The van der Waals surface area contributed by atoms with E-state index in [2.05, 4.69) is 4.98 Å². The van der Waals surface area contributed by atoms with Gasteiger partial charge >= 0.3 is 5.69 Å². The first-order valence-electron chi connectivity index (χ1n) is 8.94. The molecular formula is C22H14ClN3O3. The number of nitrogens with zero attached hydrogens (tertiary/aromatic N) is 3. The zero-order chi connectivity index (χ0) is 20.4. The van der Waals surface area contributed by atoms with Crippen molar-refractivity contribution < 1.29 is 4.79 Å². The van der Waals surface area contributed by atoms with Crippen molar-refractivity contribution in [1.82, 2.24) is 14.1 Å². The van der Waals surface area contributed by atoms with Crippen LogP contribution in [-0.4, -0.2) is 19.9 Å². The Hall–Kier alpha value is -3.51. The maximum Gasteiger partial charge on any atom is 0.332 e. The van der Waals surface area contributed by atoms with Crippen LogP contribution in [-0.2, 0) is 14.1 Å². The SMILES string of the molecule is Cn1c(=O)c2c(-c3ccc(Cl)cc3)c3c(nc2n(C)c1=O)-c1ccccc1C3=O. The molecule has 0 bridgehead atoms. The molecule has 142 valence electrons. The van der Waals surface area contributed by atoms with Crippen LogP contribution in [0.5, 0.6) is 0 Å². The van der Waals surface area contributed by atoms with Gasteiger partial charge < -0.3 is 0 Å². The number of halogens is 1. The summed E-state index contributed by atoms with van der Waals surface area (Å²) in [6, 6.07) is 14.1. The normalized spacial score (nSPS) is 12.3. The van der Waals surface area contributed by atoms with Crippen molar-refractivity contribution in [1.29, 1.82) is 0 Å². The molecule has 6 nitrogen and oxygen atoms in total. The first-order chi connectivity index (χ1) is 13.9. The third-order valence-corrected chi connectivity index (χ3v) is 5.63. The highest BCUT2D eigenvalue weighted by Crippen LogP contribution is 2.42. The van der Waals surface area contributed by atoms with Crippen LogP contribution in [0.3, 0.4) is 0 Å². The molecule has 0 N–H and O–H groups in total. The van der Waals surface area contributed by atoms with Gasteiger partial charge in [0.2, 0.25) is 0 Å². The van der Waals surface area contributed by atoms with Gasteiger partial charge in [0.05, 0.1) is 16.6 Å². The molecule has 0 saturated heterocycles. The van der Waals surface area contributed by atoms with Crippen molar-refractivity contribution in [2.24, 2.45) is 14.1 Å². The summed E-state index contributed by atoms with van der Waals surface area (Å²) in [6.45, 7) is 0. The van der Waals surface area contributed by atoms with Crippen molar-refractivity contribution in [3.8, 4) is 22.4 Å². The number of pyridine rings is 1. The van der Waals surface area contributed by atoms with Crippen molar-refractivity contribution in [2.75, 3.05) is 0 Å². The van der Waals surface area contributed by atoms with E-state index in [-0.39, 0.29) is 16.8 Å². The number of hydrogen-bond donors (Lipinski definition) is 0. The van der Waals surface area contributed by atoms with Gasteiger partial charge in [-0.3, -0.25) is 18.7 Å². The minimum absolute atomic E-state index is 0.189. The van der Waals surface area contributed by atoms with Gasteiger partial charge in [-0.2, -0.15) is 0 Å². The van der Waals surface area contributed by atoms with Crippen LogP contribution in [0.4, 0.5) is 0 Å². The Morgan fingerprint density at radius 3 is 2.17 bits per heavy atom. The lowest BCUT2D eigenvalue weighted by Crippen LogP contribution is -2.37. The van der Waals surface area contributed by atoms with E-state index in [0.29, 0.717) is 38.5 Å². The number of rotatable bonds is 1. The number of hydrogen-bond acceptors (Lipinski definition) is 4. The lowest BCUT2D eigenvalue weighted by atomic mass is 9.95. The lowest BCUT2D eigenvalue weighted by molar-refractivity contribution is 0.104. The summed E-state index contributed by atoms with van der Waals surface area (Å²) in [5.74, 6) is -0.189. The Bertz CT molecular complexity index is 1480. The van der Waals surface area contributed by atoms with Crippen molar-refractivity contribution in [2.45, 2.75) is 0 Å². The Morgan fingerprint density at radius 1 is 0.828 bits per heavy atom. The van der Waals surface area contributed by atoms with Gasteiger partial charge in [-0.25, -0.2) is 9.78 Å². The van der Waals surface area contributed by atoms with E-state index in [1.165, 1.54) is 11.6 Å². The third-order valence-electron chi connectivity index (χ3n) is 5.37. The number of carbonyl (C=O) groups is 1. The highest BCUT2D eigenvalue weighted by atomic mass is 35.5. The molecule has 0 spiro atoms. The number of carbonyl (C=O) groups excluding carboxylic acids is 1. The summed E-state index contributed by atoms with van der Waals surface area (Å²) < 4.78 is 2.37. The first kappa shape index (κ1) is 17.6. The van der Waals surface area contributed by atoms with Gasteiger partial charge in [-0.15, -0.1) is 0 Å². The first-order valence-corrected chi connectivity index (χ1v) is 9.31. The fraction of sp³-hybridized carbons (Fsp3) is 0.0909. The van der Waals surface area contributed by atoms with Crippen molar-refractivity contribution in [3.05, 3.63) is 85.5 Å². The largest absolute Gasteiger partial charge is 0.332 e. The smallest absolute Gasteiger partial charge is 0.288 e. The molecular weight excluding hydrogens is 390 g/mol. The fourth-order valence-electron chi connectivity index (χ4n) is 3.93. The van der Waals surface area contributed by atoms with Gasteiger partial charge in [0.15, 0.2) is 11.4 Å². The summed E-state index contributed by atoms with van der Waals surface area (Å²) in [5.41, 5.74) is 2.48. The number of fused-ring (bicyclic) bond motifs is 4. The topological polar surface area (TPSA) is 74.0 Å². The maximum absolute atomic E-state index is 13.3. The second-order valence-electron chi connectivity index (χ2n) is 7.00. The molecule has 0 radical (unpaired) electrons. The zero-order valence-corrected chi connectivity index (χ0v) is 16.3. The number of aryl methyl sites for hydroxylation is 1. The van der Waals surface area contributed by atoms with Crippen LogP contribution in [0.15, 0.2) is 58.1 Å². The summed E-state index contributed by atoms with van der Waals surface area (Å²) >= 11 is 6.05. The number of benzene rings is 2. The lowest BCUT2D eigenvalue weighted by Gasteiger charge is -2.14. The van der Waals surface area contributed by atoms with Crippen LogP contribution < -0.4 is 11.2 Å². The van der Waals surface area contributed by atoms with Gasteiger partial charge in [-0.05, 0) is 17.7 Å². The van der Waals surface area contributed by atoms with E-state index in [4.69, 9.17) is 11.6 Å². The van der Waals surface area contributed by atoms with Crippen LogP contribution in [0.1, 0.15) is 15.9 Å². The number of aromatic nitrogens is 3. The molecule has 2 aromatic carbocycles. The molecule has 2 heterocycles. The van der Waals surface area contributed by atoms with Crippen molar-refractivity contribution >= 4 is 28.4 Å². The molecule has 0 fully saturated rings. The Morgan fingerprint density at radius 2 is 1.48 bits per heavy atom. The maximum atomic E-state index is 13.3. The molecule has 4 aromatic rings. The van der Waals surface area contributed by atoms with E-state index >= 15 is 0 Å². The second kappa shape index (κ2) is 5.99. The molecule has 1 aliphatic carbocycles. The van der Waals surface area contributed by atoms with E-state index in [1.807, 2.05) is 12.1 Å². The second-order valence-corrected chi connectivity index (χ2v) is 7.43. The molecule has 0 saturated carbocycles. The highest BCUT2D eigenvalue weighted by molar-refractivity contribution is 6.31. The number of ketones is 1. The summed E-state index contributed by atoms with van der Waals surface area (Å²) in [6.07, 6.45) is 0. The van der Waals surface area contributed by atoms with E-state index in [9.17, 15) is 14.4 Å². The summed E-state index contributed by atoms with van der Waals surface area (Å²) in [7, 11) is 2.98. The monoisotopic (exact) mass is 403 g/mol. The highest BCUT2D eigenvalue weighted by Gasteiger charge is 2.34. The van der Waals surface area contributed by atoms with E-state index in [0.717, 1.165) is 4.57 Å². The average Bonchev–Trinajstić information content (AvgIpc) is 3.02. The molecule has 29 heavy (non-hydrogen) atoms. The molecule has 5 rings (SSSR count). The minimum atomic E-state index is -0.493. The van der Waals surface area contributed by atoms with E-state index < -0.39 is 11.2 Å². The predicted molar refractivity (Wildman–Crippen MR) is 112 cm³/mol. The molecule has 7 heteroatoms. The van der Waals surface area contributed by atoms with Gasteiger partial charge in [-0.1, -0.05) is 48.0 Å². The Kier molecular flexibility index (Phi) is 3.63. The third kappa shape index (κ3) is 2.29. The minimum Gasteiger partial charge on any atom is -0.288 e. The van der Waals surface area contributed by atoms with Gasteiger partial charge in [0, 0.05) is 35.8 Å². The zero-order valence-electron chi connectivity index (χ0n) is 15.6. The quantitative estimate of drug-likeness (QED) is 0.431. The van der Waals surface area contributed by atoms with Gasteiger partial charge in [0.25, 0.3) is 5.56 Å². The van der Waals surface area contributed by atoms with Crippen LogP contribution in [0.25, 0.3) is 33.4 Å². The van der Waals surface area contributed by atoms with Crippen molar-refractivity contribution in [3.63, 3.8) is 0 Å². The van der Waals surface area contributed by atoms with Crippen LogP contribution in [0, 0.1) is 0 Å². The van der Waals surface area contributed by atoms with Crippen LogP contribution >= 0.6 is 11.6 Å². The van der Waals surface area contributed by atoms with Crippen LogP contribution in [0.2, 0.25) is 5.02 Å². The molecule has 0 aliphatic heterocycles.